The second-order valence-corrected chi connectivity index (χ2v) is 5.04. The van der Waals surface area contributed by atoms with Crippen LogP contribution in [0.25, 0.3) is 0 Å². The fourth-order valence-electron chi connectivity index (χ4n) is 1.80. The van der Waals surface area contributed by atoms with Crippen molar-refractivity contribution in [1.82, 2.24) is 0 Å². The van der Waals surface area contributed by atoms with E-state index in [1.54, 1.807) is 11.3 Å². The molecule has 1 unspecified atom stereocenters. The van der Waals surface area contributed by atoms with Gasteiger partial charge in [-0.25, -0.2) is 13.2 Å². The average molecular weight is 271 g/mol. The highest BCUT2D eigenvalue weighted by Gasteiger charge is 2.18. The van der Waals surface area contributed by atoms with Crippen molar-refractivity contribution in [3.8, 4) is 0 Å². The van der Waals surface area contributed by atoms with E-state index >= 15 is 0 Å². The van der Waals surface area contributed by atoms with Crippen LogP contribution in [-0.2, 0) is 6.42 Å². The molecule has 0 fully saturated rings. The highest BCUT2D eigenvalue weighted by molar-refractivity contribution is 7.09. The number of thiophene rings is 1. The van der Waals surface area contributed by atoms with Crippen LogP contribution in [0.15, 0.2) is 29.6 Å². The molecule has 0 bridgehead atoms. The Balaban J connectivity index is 2.11. The van der Waals surface area contributed by atoms with Crippen molar-refractivity contribution < 1.29 is 13.2 Å². The molecule has 5 heteroatoms. The molecule has 1 heterocycles. The smallest absolute Gasteiger partial charge is 0.133 e. The summed E-state index contributed by atoms with van der Waals surface area (Å²) in [5.74, 6) is -2.78. The number of benzene rings is 1. The summed E-state index contributed by atoms with van der Waals surface area (Å²) in [6.45, 7) is 0. The Labute approximate surface area is 107 Å². The molecule has 1 aromatic carbocycles. The summed E-state index contributed by atoms with van der Waals surface area (Å²) in [5.41, 5.74) is 5.52. The molecule has 1 nitrogen and oxygen atoms in total. The van der Waals surface area contributed by atoms with Crippen molar-refractivity contribution in [1.29, 1.82) is 0 Å². The van der Waals surface area contributed by atoms with Crippen LogP contribution in [0, 0.1) is 17.5 Å². The average Bonchev–Trinajstić information content (AvgIpc) is 2.77. The van der Waals surface area contributed by atoms with E-state index in [2.05, 4.69) is 0 Å². The van der Waals surface area contributed by atoms with Gasteiger partial charge in [0.1, 0.15) is 17.5 Å². The lowest BCUT2D eigenvalue weighted by atomic mass is 10.0. The number of hydrogen-bond acceptors (Lipinski definition) is 2. The first-order valence-corrected chi connectivity index (χ1v) is 6.38. The summed E-state index contributed by atoms with van der Waals surface area (Å²) in [4.78, 5) is 1.10. The fraction of sp³-hybridized carbons (Fsp3) is 0.231. The highest BCUT2D eigenvalue weighted by atomic mass is 32.1. The third kappa shape index (κ3) is 2.91. The summed E-state index contributed by atoms with van der Waals surface area (Å²) < 4.78 is 39.7. The van der Waals surface area contributed by atoms with Crippen molar-refractivity contribution in [3.63, 3.8) is 0 Å². The molecule has 0 radical (unpaired) electrons. The maximum Gasteiger partial charge on any atom is 0.133 e. The van der Waals surface area contributed by atoms with Gasteiger partial charge >= 0.3 is 0 Å². The molecular formula is C13H12F3NS. The second kappa shape index (κ2) is 5.54. The third-order valence-electron chi connectivity index (χ3n) is 2.70. The lowest BCUT2D eigenvalue weighted by Crippen LogP contribution is -2.15. The van der Waals surface area contributed by atoms with E-state index in [1.807, 2.05) is 17.5 Å². The quantitative estimate of drug-likeness (QED) is 0.899. The highest BCUT2D eigenvalue weighted by Crippen LogP contribution is 2.24. The molecule has 2 rings (SSSR count). The molecule has 0 aliphatic rings. The predicted molar refractivity (Wildman–Crippen MR) is 65.9 cm³/mol. The molecule has 0 saturated heterocycles. The summed E-state index contributed by atoms with van der Waals surface area (Å²) in [6.07, 6.45) is 1.06. The van der Waals surface area contributed by atoms with Crippen LogP contribution < -0.4 is 5.73 Å². The summed E-state index contributed by atoms with van der Waals surface area (Å²) in [6, 6.07) is 4.39. The number of halogens is 3. The molecule has 18 heavy (non-hydrogen) atoms. The molecule has 2 N–H and O–H groups in total. The van der Waals surface area contributed by atoms with E-state index < -0.39 is 23.5 Å². The van der Waals surface area contributed by atoms with Crippen molar-refractivity contribution in [3.05, 3.63) is 57.5 Å². The largest absolute Gasteiger partial charge is 0.324 e. The van der Waals surface area contributed by atoms with Gasteiger partial charge in [0.2, 0.25) is 0 Å². The van der Waals surface area contributed by atoms with Gasteiger partial charge in [-0.1, -0.05) is 6.07 Å². The molecule has 0 amide bonds. The maximum absolute atomic E-state index is 13.5. The molecule has 0 saturated carbocycles. The Morgan fingerprint density at radius 1 is 1.17 bits per heavy atom. The molecule has 96 valence electrons. The first kappa shape index (κ1) is 13.1. The van der Waals surface area contributed by atoms with Gasteiger partial charge < -0.3 is 5.73 Å². The van der Waals surface area contributed by atoms with E-state index in [0.717, 1.165) is 4.88 Å². The van der Waals surface area contributed by atoms with Crippen LogP contribution >= 0.6 is 11.3 Å². The van der Waals surface area contributed by atoms with Gasteiger partial charge in [0.05, 0.1) is 0 Å². The van der Waals surface area contributed by atoms with Gasteiger partial charge in [-0.3, -0.25) is 0 Å². The van der Waals surface area contributed by atoms with Gasteiger partial charge in [0.15, 0.2) is 0 Å². The Kier molecular flexibility index (Phi) is 4.04. The number of rotatable bonds is 4. The minimum absolute atomic E-state index is 0.243. The molecule has 0 aliphatic carbocycles. The molecule has 2 aromatic rings. The zero-order valence-corrected chi connectivity index (χ0v) is 10.3. The van der Waals surface area contributed by atoms with Crippen LogP contribution in [0.5, 0.6) is 0 Å². The standard InChI is InChI=1S/C13H12F3NS/c14-8-6-10(15)13(11(16)7-8)12(17)4-3-9-2-1-5-18-9/h1-2,5-7,12H,3-4,17H2. The molecular weight excluding hydrogens is 259 g/mol. The molecule has 1 aromatic heterocycles. The van der Waals surface area contributed by atoms with Gasteiger partial charge in [-0.2, -0.15) is 0 Å². The Bertz CT molecular complexity index is 502. The van der Waals surface area contributed by atoms with Crippen molar-refractivity contribution in [2.75, 3.05) is 0 Å². The zero-order chi connectivity index (χ0) is 13.1. The van der Waals surface area contributed by atoms with Gasteiger partial charge in [-0.15, -0.1) is 11.3 Å². The van der Waals surface area contributed by atoms with Gasteiger partial charge in [-0.05, 0) is 24.3 Å². The minimum Gasteiger partial charge on any atom is -0.324 e. The summed E-state index contributed by atoms with van der Waals surface area (Å²) >= 11 is 1.57. The van der Waals surface area contributed by atoms with Crippen LogP contribution in [-0.4, -0.2) is 0 Å². The number of nitrogens with two attached hydrogens (primary N) is 1. The van der Waals surface area contributed by atoms with Gasteiger partial charge in [0, 0.05) is 28.6 Å². The zero-order valence-electron chi connectivity index (χ0n) is 9.50. The predicted octanol–water partition coefficient (Wildman–Crippen LogP) is 3.80. The van der Waals surface area contributed by atoms with E-state index in [9.17, 15) is 13.2 Å². The first-order chi connectivity index (χ1) is 8.58. The van der Waals surface area contributed by atoms with E-state index in [1.165, 1.54) is 0 Å². The summed E-state index contributed by atoms with van der Waals surface area (Å²) in [7, 11) is 0. The molecule has 1 atom stereocenters. The van der Waals surface area contributed by atoms with Crippen LogP contribution in [0.2, 0.25) is 0 Å². The van der Waals surface area contributed by atoms with Crippen LogP contribution in [0.3, 0.4) is 0 Å². The Hall–Kier alpha value is -1.33. The molecule has 0 aliphatic heterocycles. The first-order valence-electron chi connectivity index (χ1n) is 5.50. The minimum atomic E-state index is -0.931. The third-order valence-corrected chi connectivity index (χ3v) is 3.63. The van der Waals surface area contributed by atoms with Crippen molar-refractivity contribution in [2.45, 2.75) is 18.9 Å². The normalized spacial score (nSPS) is 12.7. The molecule has 0 spiro atoms. The lowest BCUT2D eigenvalue weighted by molar-refractivity contribution is 0.493. The monoisotopic (exact) mass is 271 g/mol. The van der Waals surface area contributed by atoms with E-state index in [-0.39, 0.29) is 5.56 Å². The van der Waals surface area contributed by atoms with Crippen molar-refractivity contribution in [2.24, 2.45) is 5.73 Å². The van der Waals surface area contributed by atoms with Crippen molar-refractivity contribution >= 4 is 11.3 Å². The van der Waals surface area contributed by atoms with E-state index in [0.29, 0.717) is 25.0 Å². The van der Waals surface area contributed by atoms with Gasteiger partial charge in [0.25, 0.3) is 0 Å². The van der Waals surface area contributed by atoms with Crippen LogP contribution in [0.4, 0.5) is 13.2 Å². The number of aryl methyl sites for hydroxylation is 1. The summed E-state index contributed by atoms with van der Waals surface area (Å²) in [5, 5.41) is 1.93. The van der Waals surface area contributed by atoms with Crippen LogP contribution in [0.1, 0.15) is 22.9 Å². The topological polar surface area (TPSA) is 26.0 Å². The fourth-order valence-corrected chi connectivity index (χ4v) is 2.53. The van der Waals surface area contributed by atoms with E-state index in [4.69, 9.17) is 5.73 Å². The number of hydrogen-bond donors (Lipinski definition) is 1. The SMILES string of the molecule is NC(CCc1cccs1)c1c(F)cc(F)cc1F. The lowest BCUT2D eigenvalue weighted by Gasteiger charge is -2.13. The Morgan fingerprint density at radius 3 is 2.39 bits per heavy atom. The maximum atomic E-state index is 13.5. The Morgan fingerprint density at radius 2 is 1.83 bits per heavy atom. The second-order valence-electron chi connectivity index (χ2n) is 4.01.